The number of guanidine groups is 1. The van der Waals surface area contributed by atoms with Gasteiger partial charge in [0.2, 0.25) is 11.9 Å². The van der Waals surface area contributed by atoms with Crippen molar-refractivity contribution >= 4 is 17.6 Å². The zero-order valence-corrected chi connectivity index (χ0v) is 8.45. The molecular weight excluding hydrogens is 190 g/mol. The molecule has 0 radical (unpaired) electrons. The molecule has 1 aromatic carbocycles. The van der Waals surface area contributed by atoms with Gasteiger partial charge in [0.05, 0.1) is 6.54 Å². The fraction of sp³-hybridized carbons (Fsp3) is 0.273. The van der Waals surface area contributed by atoms with Gasteiger partial charge in [-0.1, -0.05) is 12.1 Å². The van der Waals surface area contributed by atoms with Gasteiger partial charge in [-0.15, -0.1) is 0 Å². The maximum Gasteiger partial charge on any atom is 0.246 e. The molecule has 0 bridgehead atoms. The van der Waals surface area contributed by atoms with Crippen LogP contribution in [-0.2, 0) is 11.3 Å². The Balaban J connectivity index is 2.12. The van der Waals surface area contributed by atoms with Gasteiger partial charge in [-0.25, -0.2) is 4.99 Å². The number of aliphatic imine (C=N–C) groups is 1. The van der Waals surface area contributed by atoms with Gasteiger partial charge in [0.1, 0.15) is 6.54 Å². The monoisotopic (exact) mass is 201 g/mol. The van der Waals surface area contributed by atoms with Crippen LogP contribution < -0.4 is 10.2 Å². The normalized spacial score (nSPS) is 18.1. The second-order valence-corrected chi connectivity index (χ2v) is 3.91. The number of nitrogens with one attached hydrogen (secondary N) is 1. The van der Waals surface area contributed by atoms with Crippen molar-refractivity contribution < 1.29 is 4.79 Å². The number of fused-ring (bicyclic) bond motifs is 3. The molecule has 0 unspecified atom stereocenters. The molecule has 2 aliphatic rings. The molecule has 76 valence electrons. The van der Waals surface area contributed by atoms with E-state index < -0.39 is 0 Å². The molecule has 4 heteroatoms. The Bertz CT molecular complexity index is 479. The first-order valence-electron chi connectivity index (χ1n) is 4.95. The molecule has 0 aromatic heterocycles. The van der Waals surface area contributed by atoms with E-state index in [0.717, 1.165) is 5.69 Å². The van der Waals surface area contributed by atoms with Crippen LogP contribution in [0.5, 0.6) is 0 Å². The van der Waals surface area contributed by atoms with Gasteiger partial charge in [0, 0.05) is 5.69 Å². The Morgan fingerprint density at radius 3 is 3.20 bits per heavy atom. The fourth-order valence-electron chi connectivity index (χ4n) is 1.99. The number of amides is 1. The van der Waals surface area contributed by atoms with Crippen LogP contribution >= 0.6 is 0 Å². The number of carbonyl (C=O) groups is 1. The van der Waals surface area contributed by atoms with Crippen molar-refractivity contribution in [3.63, 3.8) is 0 Å². The summed E-state index contributed by atoms with van der Waals surface area (Å²) in [5, 5.41) is 2.75. The standard InChI is InChI=1S/C11H11N3O/c1-7-2-3-8-5-12-11-13-10(15)6-14(11)9(8)4-7/h2-4H,5-6H2,1H3,(H,12,13,15). The number of rotatable bonds is 0. The Labute approximate surface area is 87.6 Å². The van der Waals surface area contributed by atoms with Crippen LogP contribution in [0.4, 0.5) is 5.69 Å². The van der Waals surface area contributed by atoms with Crippen LogP contribution in [0.2, 0.25) is 0 Å². The highest BCUT2D eigenvalue weighted by atomic mass is 16.2. The number of anilines is 1. The van der Waals surface area contributed by atoms with Crippen molar-refractivity contribution in [3.8, 4) is 0 Å². The number of hydrogen-bond acceptors (Lipinski definition) is 3. The smallest absolute Gasteiger partial charge is 0.246 e. The quantitative estimate of drug-likeness (QED) is 0.674. The van der Waals surface area contributed by atoms with Gasteiger partial charge in [-0.2, -0.15) is 0 Å². The van der Waals surface area contributed by atoms with Gasteiger partial charge in [-0.05, 0) is 24.1 Å². The average molecular weight is 201 g/mol. The summed E-state index contributed by atoms with van der Waals surface area (Å²) < 4.78 is 0. The molecular formula is C11H11N3O. The number of nitrogens with zero attached hydrogens (tertiary/aromatic N) is 2. The van der Waals surface area contributed by atoms with Crippen molar-refractivity contribution in [2.75, 3.05) is 11.4 Å². The van der Waals surface area contributed by atoms with E-state index in [1.807, 2.05) is 4.90 Å². The highest BCUT2D eigenvalue weighted by Gasteiger charge is 2.30. The zero-order chi connectivity index (χ0) is 10.4. The summed E-state index contributed by atoms with van der Waals surface area (Å²) in [6.45, 7) is 3.09. The van der Waals surface area contributed by atoms with Crippen LogP contribution in [0, 0.1) is 6.92 Å². The van der Waals surface area contributed by atoms with Gasteiger partial charge in [0.15, 0.2) is 0 Å². The molecule has 0 spiro atoms. The number of benzene rings is 1. The van der Waals surface area contributed by atoms with Gasteiger partial charge in [0.25, 0.3) is 0 Å². The Hall–Kier alpha value is -1.84. The topological polar surface area (TPSA) is 44.7 Å². The minimum absolute atomic E-state index is 0.0168. The zero-order valence-electron chi connectivity index (χ0n) is 8.45. The lowest BCUT2D eigenvalue weighted by molar-refractivity contribution is -0.117. The lowest BCUT2D eigenvalue weighted by atomic mass is 10.1. The number of hydrogen-bond donors (Lipinski definition) is 1. The molecule has 0 aliphatic carbocycles. The second-order valence-electron chi connectivity index (χ2n) is 3.91. The van der Waals surface area contributed by atoms with Gasteiger partial charge < -0.3 is 4.90 Å². The van der Waals surface area contributed by atoms with E-state index in [1.165, 1.54) is 11.1 Å². The maximum absolute atomic E-state index is 11.3. The van der Waals surface area contributed by atoms with E-state index >= 15 is 0 Å². The molecule has 1 N–H and O–H groups in total. The summed E-state index contributed by atoms with van der Waals surface area (Å²) in [6, 6.07) is 6.25. The Morgan fingerprint density at radius 2 is 2.33 bits per heavy atom. The van der Waals surface area contributed by atoms with E-state index in [1.54, 1.807) is 0 Å². The average Bonchev–Trinajstić information content (AvgIpc) is 2.58. The third kappa shape index (κ3) is 1.21. The van der Waals surface area contributed by atoms with Crippen LogP contribution in [0.3, 0.4) is 0 Å². The highest BCUT2D eigenvalue weighted by molar-refractivity contribution is 6.15. The molecule has 4 nitrogen and oxygen atoms in total. The number of aryl methyl sites for hydroxylation is 1. The van der Waals surface area contributed by atoms with E-state index in [4.69, 9.17) is 0 Å². The summed E-state index contributed by atoms with van der Waals surface area (Å²) >= 11 is 0. The summed E-state index contributed by atoms with van der Waals surface area (Å²) in [5.74, 6) is 0.709. The molecule has 0 saturated carbocycles. The third-order valence-electron chi connectivity index (χ3n) is 2.74. The second kappa shape index (κ2) is 2.82. The fourth-order valence-corrected chi connectivity index (χ4v) is 1.99. The maximum atomic E-state index is 11.3. The first-order chi connectivity index (χ1) is 7.24. The highest BCUT2D eigenvalue weighted by Crippen LogP contribution is 2.27. The molecule has 1 fully saturated rings. The van der Waals surface area contributed by atoms with Crippen LogP contribution in [0.1, 0.15) is 11.1 Å². The minimum atomic E-state index is 0.0168. The summed E-state index contributed by atoms with van der Waals surface area (Å²) in [5.41, 5.74) is 3.49. The Kier molecular flexibility index (Phi) is 1.59. The van der Waals surface area contributed by atoms with E-state index in [-0.39, 0.29) is 5.91 Å². The van der Waals surface area contributed by atoms with E-state index in [9.17, 15) is 4.79 Å². The van der Waals surface area contributed by atoms with Crippen molar-refractivity contribution in [2.24, 2.45) is 4.99 Å². The molecule has 1 aromatic rings. The molecule has 3 rings (SSSR count). The van der Waals surface area contributed by atoms with Crippen molar-refractivity contribution in [2.45, 2.75) is 13.5 Å². The molecule has 15 heavy (non-hydrogen) atoms. The summed E-state index contributed by atoms with van der Waals surface area (Å²) in [7, 11) is 0. The SMILES string of the molecule is Cc1ccc2c(c1)N1CC(=O)NC1=NC2. The largest absolute Gasteiger partial charge is 0.303 e. The van der Waals surface area contributed by atoms with E-state index in [2.05, 4.69) is 35.4 Å². The van der Waals surface area contributed by atoms with Crippen molar-refractivity contribution in [1.82, 2.24) is 5.32 Å². The van der Waals surface area contributed by atoms with Crippen LogP contribution in [0.25, 0.3) is 0 Å². The third-order valence-corrected chi connectivity index (χ3v) is 2.74. The van der Waals surface area contributed by atoms with Crippen LogP contribution in [0.15, 0.2) is 23.2 Å². The molecule has 1 amide bonds. The summed E-state index contributed by atoms with van der Waals surface area (Å²) in [6.07, 6.45) is 0. The van der Waals surface area contributed by atoms with Gasteiger partial charge >= 0.3 is 0 Å². The van der Waals surface area contributed by atoms with Crippen molar-refractivity contribution in [3.05, 3.63) is 29.3 Å². The Morgan fingerprint density at radius 1 is 1.47 bits per heavy atom. The molecule has 2 heterocycles. The van der Waals surface area contributed by atoms with Crippen molar-refractivity contribution in [1.29, 1.82) is 0 Å². The summed E-state index contributed by atoms with van der Waals surface area (Å²) in [4.78, 5) is 17.5. The molecule has 1 saturated heterocycles. The lowest BCUT2D eigenvalue weighted by Gasteiger charge is -2.24. The first kappa shape index (κ1) is 8.47. The predicted octanol–water partition coefficient (Wildman–Crippen LogP) is 0.801. The predicted molar refractivity (Wildman–Crippen MR) is 57.8 cm³/mol. The van der Waals surface area contributed by atoms with Gasteiger partial charge in [-0.3, -0.25) is 10.1 Å². The first-order valence-corrected chi connectivity index (χ1v) is 4.95. The lowest BCUT2D eigenvalue weighted by Crippen LogP contribution is -2.33. The van der Waals surface area contributed by atoms with E-state index in [0.29, 0.717) is 19.0 Å². The number of carbonyl (C=O) groups excluding carboxylic acids is 1. The molecule has 0 atom stereocenters. The molecule has 2 aliphatic heterocycles. The minimum Gasteiger partial charge on any atom is -0.303 e. The van der Waals surface area contributed by atoms with Crippen LogP contribution in [-0.4, -0.2) is 18.4 Å².